The highest BCUT2D eigenvalue weighted by Crippen LogP contribution is 2.25. The number of nitrogens with zero attached hydrogens (tertiary/aromatic N) is 1. The zero-order valence-electron chi connectivity index (χ0n) is 11.8. The molecule has 0 aliphatic carbocycles. The number of hydrogen-bond donors (Lipinski definition) is 2. The third kappa shape index (κ3) is 3.45. The second-order valence-electron chi connectivity index (χ2n) is 4.76. The van der Waals surface area contributed by atoms with Gasteiger partial charge in [-0.3, -0.25) is 4.79 Å². The van der Waals surface area contributed by atoms with Crippen LogP contribution in [0.5, 0.6) is 0 Å². The highest BCUT2D eigenvalue weighted by molar-refractivity contribution is 8.00. The first-order valence-electron chi connectivity index (χ1n) is 6.74. The molecule has 0 radical (unpaired) electrons. The molecule has 0 fully saturated rings. The molecule has 3 rings (SSSR count). The number of furan rings is 1. The molecule has 3 aromatic rings. The maximum atomic E-state index is 12.1. The lowest BCUT2D eigenvalue weighted by atomic mass is 10.3. The molecule has 2 N–H and O–H groups in total. The van der Waals surface area contributed by atoms with Crippen LogP contribution in [0.25, 0.3) is 11.0 Å². The molecule has 2 aromatic heterocycles. The van der Waals surface area contributed by atoms with Crippen molar-refractivity contribution in [2.24, 2.45) is 0 Å². The van der Waals surface area contributed by atoms with Gasteiger partial charge < -0.3 is 14.7 Å². The Morgan fingerprint density at radius 1 is 1.50 bits per heavy atom. The van der Waals surface area contributed by atoms with Gasteiger partial charge >= 0.3 is 0 Å². The molecule has 5 nitrogen and oxygen atoms in total. The SMILES string of the molecule is C[C@@H](Sc1nc2ccc(Cl)cc2[nH]1)C(=O)NCc1ccco1. The summed E-state index contributed by atoms with van der Waals surface area (Å²) in [6.45, 7) is 2.22. The molecule has 0 spiro atoms. The number of amides is 1. The molecule has 0 saturated carbocycles. The summed E-state index contributed by atoms with van der Waals surface area (Å²) in [7, 11) is 0. The summed E-state index contributed by atoms with van der Waals surface area (Å²) in [6.07, 6.45) is 1.58. The van der Waals surface area contributed by atoms with E-state index in [9.17, 15) is 4.79 Å². The maximum absolute atomic E-state index is 12.1. The Bertz CT molecular complexity index is 785. The zero-order chi connectivity index (χ0) is 15.5. The zero-order valence-corrected chi connectivity index (χ0v) is 13.4. The summed E-state index contributed by atoms with van der Waals surface area (Å²) in [5, 5.41) is 3.90. The molecule has 114 valence electrons. The number of halogens is 1. The number of H-pyrrole nitrogens is 1. The fraction of sp³-hybridized carbons (Fsp3) is 0.200. The molecule has 0 aliphatic rings. The molecule has 22 heavy (non-hydrogen) atoms. The van der Waals surface area contributed by atoms with E-state index in [4.69, 9.17) is 16.0 Å². The van der Waals surface area contributed by atoms with E-state index < -0.39 is 0 Å². The number of hydrogen-bond acceptors (Lipinski definition) is 4. The number of rotatable bonds is 5. The number of thioether (sulfide) groups is 1. The highest BCUT2D eigenvalue weighted by atomic mass is 35.5. The van der Waals surface area contributed by atoms with Crippen molar-refractivity contribution in [2.75, 3.05) is 0 Å². The molecule has 2 heterocycles. The van der Waals surface area contributed by atoms with Crippen molar-refractivity contribution in [3.63, 3.8) is 0 Å². The quantitative estimate of drug-likeness (QED) is 0.699. The van der Waals surface area contributed by atoms with Crippen LogP contribution in [0, 0.1) is 0 Å². The van der Waals surface area contributed by atoms with Crippen LogP contribution < -0.4 is 5.32 Å². The number of aromatic nitrogens is 2. The molecular weight excluding hydrogens is 322 g/mol. The smallest absolute Gasteiger partial charge is 0.233 e. The molecule has 1 aromatic carbocycles. The standard InChI is InChI=1S/C15H14ClN3O2S/c1-9(14(20)17-8-11-3-2-6-21-11)22-15-18-12-5-4-10(16)7-13(12)19-15/h2-7,9H,8H2,1H3,(H,17,20)(H,18,19)/t9-/m1/s1. The fourth-order valence-electron chi connectivity index (χ4n) is 1.97. The lowest BCUT2D eigenvalue weighted by Crippen LogP contribution is -2.30. The molecule has 0 unspecified atom stereocenters. The normalized spacial score (nSPS) is 12.5. The summed E-state index contributed by atoms with van der Waals surface area (Å²) in [6, 6.07) is 9.06. The fourth-order valence-corrected chi connectivity index (χ4v) is 2.98. The Morgan fingerprint density at radius 2 is 2.36 bits per heavy atom. The number of nitrogens with one attached hydrogen (secondary N) is 2. The Balaban J connectivity index is 1.61. The van der Waals surface area contributed by atoms with Crippen molar-refractivity contribution in [2.45, 2.75) is 23.9 Å². The maximum Gasteiger partial charge on any atom is 0.233 e. The van der Waals surface area contributed by atoms with Gasteiger partial charge in [0.15, 0.2) is 5.16 Å². The van der Waals surface area contributed by atoms with Crippen molar-refractivity contribution in [1.82, 2.24) is 15.3 Å². The molecule has 7 heteroatoms. The topological polar surface area (TPSA) is 70.9 Å². The summed E-state index contributed by atoms with van der Waals surface area (Å²) in [5.41, 5.74) is 1.69. The van der Waals surface area contributed by atoms with E-state index in [0.29, 0.717) is 16.7 Å². The number of carbonyl (C=O) groups excluding carboxylic acids is 1. The van der Waals surface area contributed by atoms with Gasteiger partial charge in [0.25, 0.3) is 0 Å². The Morgan fingerprint density at radius 3 is 3.14 bits per heavy atom. The third-order valence-electron chi connectivity index (χ3n) is 3.10. The van der Waals surface area contributed by atoms with Gasteiger partial charge in [-0.25, -0.2) is 4.98 Å². The lowest BCUT2D eigenvalue weighted by Gasteiger charge is -2.09. The van der Waals surface area contributed by atoms with Crippen molar-refractivity contribution in [1.29, 1.82) is 0 Å². The summed E-state index contributed by atoms with van der Waals surface area (Å²) < 4.78 is 5.18. The first-order chi connectivity index (χ1) is 10.6. The van der Waals surface area contributed by atoms with Gasteiger partial charge in [0.1, 0.15) is 5.76 Å². The number of carbonyl (C=O) groups is 1. The Hall–Kier alpha value is -1.92. The highest BCUT2D eigenvalue weighted by Gasteiger charge is 2.16. The lowest BCUT2D eigenvalue weighted by molar-refractivity contribution is -0.120. The van der Waals surface area contributed by atoms with Crippen molar-refractivity contribution in [3.8, 4) is 0 Å². The summed E-state index contributed by atoms with van der Waals surface area (Å²) in [5.74, 6) is 0.656. The van der Waals surface area contributed by atoms with Gasteiger partial charge in [-0.1, -0.05) is 23.4 Å². The van der Waals surface area contributed by atoms with Crippen LogP contribution in [0.4, 0.5) is 0 Å². The molecule has 0 saturated heterocycles. The predicted molar refractivity (Wildman–Crippen MR) is 87.0 cm³/mol. The number of fused-ring (bicyclic) bond motifs is 1. The first kappa shape index (κ1) is 15.0. The van der Waals surface area contributed by atoms with Crippen LogP contribution in [-0.4, -0.2) is 21.1 Å². The largest absolute Gasteiger partial charge is 0.467 e. The predicted octanol–water partition coefficient (Wildman–Crippen LogP) is 3.61. The minimum absolute atomic E-state index is 0.0695. The number of benzene rings is 1. The van der Waals surface area contributed by atoms with Gasteiger partial charge in [0.2, 0.25) is 5.91 Å². The molecule has 1 atom stereocenters. The summed E-state index contributed by atoms with van der Waals surface area (Å²) in [4.78, 5) is 19.7. The van der Waals surface area contributed by atoms with Crippen LogP contribution in [0.2, 0.25) is 5.02 Å². The van der Waals surface area contributed by atoms with Crippen molar-refractivity contribution >= 4 is 40.3 Å². The minimum Gasteiger partial charge on any atom is -0.467 e. The van der Waals surface area contributed by atoms with E-state index in [2.05, 4.69) is 15.3 Å². The van der Waals surface area contributed by atoms with E-state index in [1.807, 2.05) is 25.1 Å². The van der Waals surface area contributed by atoms with Crippen LogP contribution in [-0.2, 0) is 11.3 Å². The monoisotopic (exact) mass is 335 g/mol. The van der Waals surface area contributed by atoms with Gasteiger partial charge in [0, 0.05) is 5.02 Å². The van der Waals surface area contributed by atoms with Gasteiger partial charge in [-0.15, -0.1) is 0 Å². The second kappa shape index (κ2) is 6.46. The molecule has 1 amide bonds. The summed E-state index contributed by atoms with van der Waals surface area (Å²) >= 11 is 7.31. The third-order valence-corrected chi connectivity index (χ3v) is 4.32. The van der Waals surface area contributed by atoms with E-state index in [-0.39, 0.29) is 11.2 Å². The number of aromatic amines is 1. The molecule has 0 bridgehead atoms. The Kier molecular flexibility index (Phi) is 4.40. The van der Waals surface area contributed by atoms with Gasteiger partial charge in [-0.05, 0) is 37.3 Å². The van der Waals surface area contributed by atoms with E-state index in [1.54, 1.807) is 18.4 Å². The van der Waals surface area contributed by atoms with Gasteiger partial charge in [0.05, 0.1) is 29.1 Å². The average Bonchev–Trinajstić information content (AvgIpc) is 3.12. The van der Waals surface area contributed by atoms with Gasteiger partial charge in [-0.2, -0.15) is 0 Å². The van der Waals surface area contributed by atoms with Crippen molar-refractivity contribution < 1.29 is 9.21 Å². The second-order valence-corrected chi connectivity index (χ2v) is 6.53. The Labute approximate surface area is 136 Å². The van der Waals surface area contributed by atoms with Crippen LogP contribution >= 0.6 is 23.4 Å². The van der Waals surface area contributed by atoms with E-state index >= 15 is 0 Å². The van der Waals surface area contributed by atoms with Crippen LogP contribution in [0.1, 0.15) is 12.7 Å². The average molecular weight is 336 g/mol. The van der Waals surface area contributed by atoms with Crippen LogP contribution in [0.3, 0.4) is 0 Å². The number of imidazole rings is 1. The van der Waals surface area contributed by atoms with E-state index in [0.717, 1.165) is 16.8 Å². The minimum atomic E-state index is -0.272. The molecular formula is C15H14ClN3O2S. The molecule has 0 aliphatic heterocycles. The van der Waals surface area contributed by atoms with Crippen molar-refractivity contribution in [3.05, 3.63) is 47.4 Å². The van der Waals surface area contributed by atoms with Crippen LogP contribution in [0.15, 0.2) is 46.2 Å². The van der Waals surface area contributed by atoms with E-state index in [1.165, 1.54) is 11.8 Å². The first-order valence-corrected chi connectivity index (χ1v) is 7.99.